The van der Waals surface area contributed by atoms with Gasteiger partial charge in [-0.25, -0.2) is 0 Å². The van der Waals surface area contributed by atoms with Crippen LogP contribution in [-0.2, 0) is 6.42 Å². The van der Waals surface area contributed by atoms with Gasteiger partial charge in [0.15, 0.2) is 0 Å². The Morgan fingerprint density at radius 1 is 0.727 bits per heavy atom. The van der Waals surface area contributed by atoms with Gasteiger partial charge in [-0.2, -0.15) is 0 Å². The number of hydrogen-bond acceptors (Lipinski definition) is 2. The van der Waals surface area contributed by atoms with Gasteiger partial charge in [0.05, 0.1) is 11.4 Å². The summed E-state index contributed by atoms with van der Waals surface area (Å²) in [4.78, 5) is 4.64. The number of aryl methyl sites for hydroxylation is 3. The van der Waals surface area contributed by atoms with Crippen molar-refractivity contribution in [2.24, 2.45) is 0 Å². The van der Waals surface area contributed by atoms with E-state index in [0.717, 1.165) is 6.42 Å². The third-order valence-corrected chi connectivity index (χ3v) is 4.61. The molecule has 2 heteroatoms. The summed E-state index contributed by atoms with van der Waals surface area (Å²) in [6, 6.07) is 13.1. The van der Waals surface area contributed by atoms with E-state index < -0.39 is 0 Å². The van der Waals surface area contributed by atoms with Gasteiger partial charge in [0.25, 0.3) is 0 Å². The smallest absolute Gasteiger partial charge is 0.118 e. The van der Waals surface area contributed by atoms with Crippen molar-refractivity contribution in [3.05, 3.63) is 82.9 Å². The second-order valence-corrected chi connectivity index (χ2v) is 6.13. The Bertz CT molecular complexity index is 794. The van der Waals surface area contributed by atoms with Crippen LogP contribution in [-0.4, -0.2) is 0 Å². The summed E-state index contributed by atoms with van der Waals surface area (Å²) in [6.07, 6.45) is 7.69. The molecule has 2 aromatic rings. The number of benzene rings is 2. The minimum Gasteiger partial charge on any atom is -0.301 e. The number of nitrogens with zero attached hydrogens (tertiary/aromatic N) is 2. The van der Waals surface area contributed by atoms with E-state index in [1.165, 1.54) is 39.4 Å². The van der Waals surface area contributed by atoms with Crippen LogP contribution in [0, 0.1) is 20.8 Å². The average Bonchev–Trinajstić information content (AvgIpc) is 2.91. The molecule has 0 aromatic heterocycles. The molecule has 0 saturated carbocycles. The number of para-hydroxylation sites is 2. The summed E-state index contributed by atoms with van der Waals surface area (Å²) in [5, 5.41) is 0. The van der Waals surface area contributed by atoms with Crippen molar-refractivity contribution in [1.82, 2.24) is 0 Å². The second kappa shape index (κ2) is 4.77. The third kappa shape index (κ3) is 1.80. The molecule has 2 nitrogen and oxygen atoms in total. The average molecular weight is 288 g/mol. The first-order chi connectivity index (χ1) is 10.7. The lowest BCUT2D eigenvalue weighted by molar-refractivity contribution is 1.01. The fourth-order valence-electron chi connectivity index (χ4n) is 3.59. The molecule has 0 amide bonds. The molecule has 4 rings (SSSR count). The maximum atomic E-state index is 2.33. The molecule has 0 fully saturated rings. The Kier molecular flexibility index (Phi) is 2.86. The van der Waals surface area contributed by atoms with Crippen molar-refractivity contribution in [2.45, 2.75) is 27.2 Å². The predicted molar refractivity (Wildman–Crippen MR) is 93.0 cm³/mol. The molecule has 0 atom stereocenters. The summed E-state index contributed by atoms with van der Waals surface area (Å²) in [5.41, 5.74) is 7.98. The Morgan fingerprint density at radius 3 is 1.95 bits per heavy atom. The van der Waals surface area contributed by atoms with Crippen LogP contribution in [0.3, 0.4) is 0 Å². The molecule has 0 aliphatic carbocycles. The zero-order valence-corrected chi connectivity index (χ0v) is 13.3. The van der Waals surface area contributed by atoms with Gasteiger partial charge in [-0.05, 0) is 55.5 Å². The fraction of sp³-hybridized carbons (Fsp3) is 0.200. The SMILES string of the molecule is Cc1cccc(C)c1N1C=CN2C1=CCc1cccc(C)c12. The van der Waals surface area contributed by atoms with Gasteiger partial charge in [-0.1, -0.05) is 36.4 Å². The zero-order valence-electron chi connectivity index (χ0n) is 13.3. The van der Waals surface area contributed by atoms with E-state index in [-0.39, 0.29) is 0 Å². The van der Waals surface area contributed by atoms with Crippen LogP contribution in [0.5, 0.6) is 0 Å². The zero-order chi connectivity index (χ0) is 15.3. The van der Waals surface area contributed by atoms with Crippen LogP contribution in [0.25, 0.3) is 0 Å². The van der Waals surface area contributed by atoms with Crippen LogP contribution >= 0.6 is 0 Å². The van der Waals surface area contributed by atoms with Crippen LogP contribution in [0.1, 0.15) is 22.3 Å². The Labute approximate surface area is 132 Å². The van der Waals surface area contributed by atoms with E-state index in [1.54, 1.807) is 0 Å². The Morgan fingerprint density at radius 2 is 1.27 bits per heavy atom. The lowest BCUT2D eigenvalue weighted by Crippen LogP contribution is -2.27. The monoisotopic (exact) mass is 288 g/mol. The van der Waals surface area contributed by atoms with Crippen molar-refractivity contribution in [3.8, 4) is 0 Å². The highest BCUT2D eigenvalue weighted by atomic mass is 15.4. The molecule has 0 unspecified atom stereocenters. The van der Waals surface area contributed by atoms with Gasteiger partial charge in [-0.3, -0.25) is 0 Å². The Hall–Kier alpha value is -2.48. The van der Waals surface area contributed by atoms with Gasteiger partial charge in [0.2, 0.25) is 0 Å². The van der Waals surface area contributed by atoms with Crippen LogP contribution in [0.15, 0.2) is 60.7 Å². The number of rotatable bonds is 1. The van der Waals surface area contributed by atoms with E-state index >= 15 is 0 Å². The third-order valence-electron chi connectivity index (χ3n) is 4.61. The summed E-state index contributed by atoms with van der Waals surface area (Å²) < 4.78 is 0. The van der Waals surface area contributed by atoms with Crippen molar-refractivity contribution >= 4 is 11.4 Å². The lowest BCUT2D eigenvalue weighted by Gasteiger charge is -2.32. The van der Waals surface area contributed by atoms with E-state index in [4.69, 9.17) is 0 Å². The van der Waals surface area contributed by atoms with Gasteiger partial charge < -0.3 is 9.80 Å². The van der Waals surface area contributed by atoms with Gasteiger partial charge in [0, 0.05) is 12.4 Å². The molecule has 2 aliphatic rings. The highest BCUT2D eigenvalue weighted by Gasteiger charge is 2.29. The number of anilines is 2. The summed E-state index contributed by atoms with van der Waals surface area (Å²) in [6.45, 7) is 6.56. The van der Waals surface area contributed by atoms with E-state index in [2.05, 4.69) is 85.4 Å². The van der Waals surface area contributed by atoms with Crippen molar-refractivity contribution in [3.63, 3.8) is 0 Å². The number of hydrogen-bond donors (Lipinski definition) is 0. The topological polar surface area (TPSA) is 6.48 Å². The molecule has 0 radical (unpaired) electrons. The highest BCUT2D eigenvalue weighted by molar-refractivity contribution is 5.77. The normalized spacial score (nSPS) is 15.7. The second-order valence-electron chi connectivity index (χ2n) is 6.13. The first-order valence-electron chi connectivity index (χ1n) is 7.78. The minimum absolute atomic E-state index is 0.992. The van der Waals surface area contributed by atoms with Crippen LogP contribution in [0.2, 0.25) is 0 Å². The highest BCUT2D eigenvalue weighted by Crippen LogP contribution is 2.40. The van der Waals surface area contributed by atoms with Crippen molar-refractivity contribution < 1.29 is 0 Å². The standard InChI is InChI=1S/C20H20N2/c1-14-6-4-7-15(2)19(14)21-12-13-22-18(21)11-10-17-9-5-8-16(3)20(17)22/h4-9,11-13H,10H2,1-3H3. The van der Waals surface area contributed by atoms with Gasteiger partial charge >= 0.3 is 0 Å². The molecular formula is C20H20N2. The molecule has 22 heavy (non-hydrogen) atoms. The molecule has 0 bridgehead atoms. The van der Waals surface area contributed by atoms with E-state index in [1.807, 2.05) is 0 Å². The molecule has 0 saturated heterocycles. The minimum atomic E-state index is 0.992. The van der Waals surface area contributed by atoms with Crippen LogP contribution < -0.4 is 9.80 Å². The summed E-state index contributed by atoms with van der Waals surface area (Å²) >= 11 is 0. The maximum Gasteiger partial charge on any atom is 0.118 e. The van der Waals surface area contributed by atoms with E-state index in [9.17, 15) is 0 Å². The van der Waals surface area contributed by atoms with Gasteiger partial charge in [0.1, 0.15) is 5.82 Å². The fourth-order valence-corrected chi connectivity index (χ4v) is 3.59. The number of allylic oxidation sites excluding steroid dienone is 1. The molecule has 0 spiro atoms. The predicted octanol–water partition coefficient (Wildman–Crippen LogP) is 4.81. The quantitative estimate of drug-likeness (QED) is 0.743. The molecule has 2 aromatic carbocycles. The molecule has 0 N–H and O–H groups in total. The lowest BCUT2D eigenvalue weighted by atomic mass is 10.0. The largest absolute Gasteiger partial charge is 0.301 e. The molecular weight excluding hydrogens is 268 g/mol. The molecule has 2 heterocycles. The summed E-state index contributed by atoms with van der Waals surface area (Å²) in [5.74, 6) is 1.25. The molecule has 2 aliphatic heterocycles. The van der Waals surface area contributed by atoms with E-state index in [0.29, 0.717) is 0 Å². The first kappa shape index (κ1) is 13.2. The van der Waals surface area contributed by atoms with Crippen LogP contribution in [0.4, 0.5) is 11.4 Å². The van der Waals surface area contributed by atoms with Gasteiger partial charge in [-0.15, -0.1) is 0 Å². The summed E-state index contributed by atoms with van der Waals surface area (Å²) in [7, 11) is 0. The van der Waals surface area contributed by atoms with Crippen molar-refractivity contribution in [2.75, 3.05) is 9.80 Å². The first-order valence-corrected chi connectivity index (χ1v) is 7.78. The van der Waals surface area contributed by atoms with Crippen molar-refractivity contribution in [1.29, 1.82) is 0 Å². The number of fused-ring (bicyclic) bond motifs is 3. The molecule has 110 valence electrons. The maximum absolute atomic E-state index is 2.33. The Balaban J connectivity index is 1.82.